The van der Waals surface area contributed by atoms with Gasteiger partial charge in [-0.25, -0.2) is 4.79 Å². The van der Waals surface area contributed by atoms with Crippen LogP contribution in [0.15, 0.2) is 12.2 Å². The molecule has 1 heterocycles. The molecule has 0 radical (unpaired) electrons. The van der Waals surface area contributed by atoms with E-state index in [-0.39, 0.29) is 5.57 Å². The van der Waals surface area contributed by atoms with Gasteiger partial charge in [0.15, 0.2) is 6.29 Å². The Labute approximate surface area is 91.6 Å². The van der Waals surface area contributed by atoms with Gasteiger partial charge in [0, 0.05) is 12.0 Å². The third kappa shape index (κ3) is 6.12. The topological polar surface area (TPSA) is 124 Å². The average molecular weight is 234 g/mol. The summed E-state index contributed by atoms with van der Waals surface area (Å²) < 4.78 is 4.57. The van der Waals surface area contributed by atoms with Crippen LogP contribution in [0.5, 0.6) is 0 Å². The van der Waals surface area contributed by atoms with Crippen LogP contribution in [0.2, 0.25) is 0 Å². The van der Waals surface area contributed by atoms with Crippen LogP contribution in [0.3, 0.4) is 0 Å². The van der Waals surface area contributed by atoms with E-state index in [2.05, 4.69) is 11.3 Å². The molecule has 0 aromatic rings. The Hall–Kier alpha value is -1.44. The zero-order valence-electron chi connectivity index (χ0n) is 8.50. The van der Waals surface area contributed by atoms with Crippen LogP contribution in [0, 0.1) is 0 Å². The standard InChI is InChI=1S/C5H6O4.C4H8O3/c1-3(5(8)9)2-4(6)7;5-3-1-2-7-4(3)6/h1-2H2,(H,6,7)(H,8,9);3-6H,1-2H2. The number of ether oxygens (including phenoxy) is 1. The predicted octanol–water partition coefficient (Wildman–Crippen LogP) is -0.812. The number of aliphatic hydroxyl groups excluding tert-OH is 2. The van der Waals surface area contributed by atoms with E-state index >= 15 is 0 Å². The van der Waals surface area contributed by atoms with Gasteiger partial charge >= 0.3 is 11.9 Å². The summed E-state index contributed by atoms with van der Waals surface area (Å²) in [6, 6.07) is 0. The number of hydrogen-bond acceptors (Lipinski definition) is 5. The van der Waals surface area contributed by atoms with Crippen LogP contribution in [0.1, 0.15) is 12.8 Å². The van der Waals surface area contributed by atoms with Gasteiger partial charge in [-0.2, -0.15) is 0 Å². The van der Waals surface area contributed by atoms with Gasteiger partial charge in [-0.3, -0.25) is 4.79 Å². The van der Waals surface area contributed by atoms with E-state index in [1.807, 2.05) is 0 Å². The molecule has 1 fully saturated rings. The quantitative estimate of drug-likeness (QED) is 0.470. The molecule has 0 saturated carbocycles. The second-order valence-electron chi connectivity index (χ2n) is 3.10. The fraction of sp³-hybridized carbons (Fsp3) is 0.556. The highest BCUT2D eigenvalue weighted by atomic mass is 16.6. The monoisotopic (exact) mass is 234 g/mol. The summed E-state index contributed by atoms with van der Waals surface area (Å²) in [5, 5.41) is 33.2. The van der Waals surface area contributed by atoms with Gasteiger partial charge in [-0.1, -0.05) is 6.58 Å². The van der Waals surface area contributed by atoms with Crippen molar-refractivity contribution in [2.24, 2.45) is 0 Å². The Morgan fingerprint density at radius 3 is 2.00 bits per heavy atom. The minimum atomic E-state index is -1.27. The van der Waals surface area contributed by atoms with E-state index in [1.54, 1.807) is 0 Å². The maximum absolute atomic E-state index is 9.87. The smallest absolute Gasteiger partial charge is 0.331 e. The number of carboxylic acids is 2. The van der Waals surface area contributed by atoms with Crippen LogP contribution in [-0.2, 0) is 14.3 Å². The molecule has 0 aliphatic carbocycles. The molecule has 0 spiro atoms. The van der Waals surface area contributed by atoms with Crippen molar-refractivity contribution < 1.29 is 34.8 Å². The molecule has 4 N–H and O–H groups in total. The third-order valence-corrected chi connectivity index (χ3v) is 1.70. The summed E-state index contributed by atoms with van der Waals surface area (Å²) >= 11 is 0. The highest BCUT2D eigenvalue weighted by Crippen LogP contribution is 2.08. The van der Waals surface area contributed by atoms with Crippen LogP contribution in [-0.4, -0.2) is 51.4 Å². The van der Waals surface area contributed by atoms with Crippen LogP contribution in [0.25, 0.3) is 0 Å². The number of aliphatic hydroxyl groups is 2. The average Bonchev–Trinajstić information content (AvgIpc) is 2.51. The van der Waals surface area contributed by atoms with Gasteiger partial charge in [-0.05, 0) is 0 Å². The van der Waals surface area contributed by atoms with Crippen molar-refractivity contribution >= 4 is 11.9 Å². The number of aliphatic carboxylic acids is 2. The molecule has 16 heavy (non-hydrogen) atoms. The Morgan fingerprint density at radius 1 is 1.31 bits per heavy atom. The molecule has 1 aliphatic rings. The minimum Gasteiger partial charge on any atom is -0.481 e. The van der Waals surface area contributed by atoms with Crippen LogP contribution < -0.4 is 0 Å². The van der Waals surface area contributed by atoms with E-state index in [0.29, 0.717) is 13.0 Å². The Balaban J connectivity index is 0.000000288. The van der Waals surface area contributed by atoms with E-state index in [1.165, 1.54) is 0 Å². The summed E-state index contributed by atoms with van der Waals surface area (Å²) in [4.78, 5) is 19.7. The lowest BCUT2D eigenvalue weighted by atomic mass is 10.2. The van der Waals surface area contributed by atoms with Gasteiger partial charge in [0.25, 0.3) is 0 Å². The highest BCUT2D eigenvalue weighted by molar-refractivity contribution is 5.91. The largest absolute Gasteiger partial charge is 0.481 e. The molecule has 7 nitrogen and oxygen atoms in total. The van der Waals surface area contributed by atoms with Crippen molar-refractivity contribution in [2.45, 2.75) is 25.2 Å². The minimum absolute atomic E-state index is 0.303. The lowest BCUT2D eigenvalue weighted by Gasteiger charge is -2.02. The second kappa shape index (κ2) is 6.94. The Bertz CT molecular complexity index is 265. The normalized spacial score (nSPS) is 23.1. The zero-order valence-corrected chi connectivity index (χ0v) is 8.50. The molecule has 1 aliphatic heterocycles. The first-order valence-electron chi connectivity index (χ1n) is 4.45. The van der Waals surface area contributed by atoms with Crippen LogP contribution >= 0.6 is 0 Å². The van der Waals surface area contributed by atoms with Crippen molar-refractivity contribution in [3.05, 3.63) is 12.2 Å². The molecule has 1 saturated heterocycles. The van der Waals surface area contributed by atoms with Crippen molar-refractivity contribution in [1.29, 1.82) is 0 Å². The summed E-state index contributed by atoms with van der Waals surface area (Å²) in [6.45, 7) is 3.49. The maximum Gasteiger partial charge on any atom is 0.331 e. The Kier molecular flexibility index (Phi) is 6.31. The van der Waals surface area contributed by atoms with Crippen LogP contribution in [0.4, 0.5) is 0 Å². The maximum atomic E-state index is 9.87. The molecule has 92 valence electrons. The third-order valence-electron chi connectivity index (χ3n) is 1.70. The molecule has 2 unspecified atom stereocenters. The SMILES string of the molecule is C=C(CC(=O)O)C(=O)O.OC1CCOC1O. The molecule has 0 amide bonds. The van der Waals surface area contributed by atoms with Gasteiger partial charge < -0.3 is 25.2 Å². The fourth-order valence-electron chi connectivity index (χ4n) is 0.821. The number of rotatable bonds is 3. The number of hydrogen-bond donors (Lipinski definition) is 4. The van der Waals surface area contributed by atoms with Gasteiger partial charge in [0.2, 0.25) is 0 Å². The second-order valence-corrected chi connectivity index (χ2v) is 3.10. The van der Waals surface area contributed by atoms with Crippen molar-refractivity contribution in [3.8, 4) is 0 Å². The lowest BCUT2D eigenvalue weighted by molar-refractivity contribution is -0.139. The molecule has 7 heteroatoms. The molecule has 0 aromatic carbocycles. The fourth-order valence-corrected chi connectivity index (χ4v) is 0.821. The van der Waals surface area contributed by atoms with Gasteiger partial charge in [-0.15, -0.1) is 0 Å². The van der Waals surface area contributed by atoms with Gasteiger partial charge in [0.1, 0.15) is 6.10 Å². The summed E-state index contributed by atoms with van der Waals surface area (Å²) in [7, 11) is 0. The highest BCUT2D eigenvalue weighted by Gasteiger charge is 2.22. The first-order chi connectivity index (χ1) is 7.34. The van der Waals surface area contributed by atoms with E-state index in [0.717, 1.165) is 0 Å². The molecule has 1 rings (SSSR count). The van der Waals surface area contributed by atoms with Gasteiger partial charge in [0.05, 0.1) is 13.0 Å². The van der Waals surface area contributed by atoms with Crippen molar-refractivity contribution in [2.75, 3.05) is 6.61 Å². The zero-order chi connectivity index (χ0) is 12.7. The summed E-state index contributed by atoms with van der Waals surface area (Å²) in [5.74, 6) is -2.44. The first-order valence-corrected chi connectivity index (χ1v) is 4.45. The number of carbonyl (C=O) groups is 2. The first kappa shape index (κ1) is 14.6. The predicted molar refractivity (Wildman–Crippen MR) is 51.6 cm³/mol. The van der Waals surface area contributed by atoms with Crippen molar-refractivity contribution in [1.82, 2.24) is 0 Å². The molecule has 0 aromatic heterocycles. The summed E-state index contributed by atoms with van der Waals surface area (Å²) in [6.07, 6.45) is -1.53. The van der Waals surface area contributed by atoms with E-state index in [4.69, 9.17) is 20.4 Å². The lowest BCUT2D eigenvalue weighted by Crippen LogP contribution is -2.18. The van der Waals surface area contributed by atoms with E-state index in [9.17, 15) is 9.59 Å². The Morgan fingerprint density at radius 2 is 1.88 bits per heavy atom. The molecular weight excluding hydrogens is 220 g/mol. The molecule has 0 bridgehead atoms. The molecule has 2 atom stereocenters. The van der Waals surface area contributed by atoms with E-state index < -0.39 is 30.8 Å². The summed E-state index contributed by atoms with van der Waals surface area (Å²) in [5.41, 5.74) is -0.303. The molecular formula is C9H14O7. The van der Waals surface area contributed by atoms with Crippen molar-refractivity contribution in [3.63, 3.8) is 0 Å². The number of carboxylic acid groups (broad SMARTS) is 2.